The second-order valence-electron chi connectivity index (χ2n) is 7.35. The minimum atomic E-state index is -0.565. The summed E-state index contributed by atoms with van der Waals surface area (Å²) in [4.78, 5) is 14.9. The van der Waals surface area contributed by atoms with Crippen LogP contribution < -0.4 is 9.64 Å². The average molecular weight is 379 g/mol. The van der Waals surface area contributed by atoms with Crippen LogP contribution in [0.5, 0.6) is 5.75 Å². The Morgan fingerprint density at radius 2 is 1.89 bits per heavy atom. The van der Waals surface area contributed by atoms with Crippen molar-refractivity contribution in [1.29, 1.82) is 0 Å². The second-order valence-corrected chi connectivity index (χ2v) is 7.35. The van der Waals surface area contributed by atoms with E-state index in [9.17, 15) is 9.18 Å². The molecule has 3 aromatic rings. The van der Waals surface area contributed by atoms with E-state index in [-0.39, 0.29) is 11.7 Å². The van der Waals surface area contributed by atoms with Gasteiger partial charge in [-0.2, -0.15) is 5.10 Å². The summed E-state index contributed by atoms with van der Waals surface area (Å²) in [5.74, 6) is 0.497. The van der Waals surface area contributed by atoms with Crippen LogP contribution in [0.3, 0.4) is 0 Å². The fourth-order valence-electron chi connectivity index (χ4n) is 3.76. The predicted molar refractivity (Wildman–Crippen MR) is 105 cm³/mol. The minimum Gasteiger partial charge on any atom is -0.497 e. The largest absolute Gasteiger partial charge is 0.497 e. The van der Waals surface area contributed by atoms with Gasteiger partial charge in [-0.15, -0.1) is 0 Å². The Bertz CT molecular complexity index is 1010. The first kappa shape index (κ1) is 18.2. The van der Waals surface area contributed by atoms with Gasteiger partial charge in [-0.25, -0.2) is 4.39 Å². The van der Waals surface area contributed by atoms with Gasteiger partial charge in [0.15, 0.2) is 0 Å². The van der Waals surface area contributed by atoms with Crippen LogP contribution in [0, 0.1) is 11.7 Å². The van der Waals surface area contributed by atoms with Crippen LogP contribution in [0.4, 0.5) is 10.1 Å². The maximum Gasteiger partial charge on any atom is 0.277 e. The summed E-state index contributed by atoms with van der Waals surface area (Å²) in [6, 6.07) is 13.2. The molecule has 1 unspecified atom stereocenters. The van der Waals surface area contributed by atoms with Crippen LogP contribution in [0.25, 0.3) is 0 Å². The molecule has 144 valence electrons. The first-order valence-corrected chi connectivity index (χ1v) is 9.30. The third-order valence-electron chi connectivity index (χ3n) is 5.00. The lowest BCUT2D eigenvalue weighted by Crippen LogP contribution is -2.30. The molecule has 28 heavy (non-hydrogen) atoms. The van der Waals surface area contributed by atoms with Crippen molar-refractivity contribution in [3.05, 3.63) is 76.9 Å². The van der Waals surface area contributed by atoms with E-state index in [1.807, 2.05) is 12.1 Å². The first-order chi connectivity index (χ1) is 13.5. The zero-order valence-electron chi connectivity index (χ0n) is 16.1. The van der Waals surface area contributed by atoms with Crippen LogP contribution in [0.2, 0.25) is 0 Å². The van der Waals surface area contributed by atoms with Crippen LogP contribution in [0.1, 0.15) is 47.2 Å². The molecule has 1 N–H and O–H groups in total. The molecule has 5 nitrogen and oxygen atoms in total. The number of rotatable bonds is 5. The summed E-state index contributed by atoms with van der Waals surface area (Å²) in [6.45, 7) is 4.19. The fraction of sp³-hybridized carbons (Fsp3) is 0.273. The van der Waals surface area contributed by atoms with Crippen molar-refractivity contribution in [3.8, 4) is 5.75 Å². The highest BCUT2D eigenvalue weighted by atomic mass is 19.1. The summed E-state index contributed by atoms with van der Waals surface area (Å²) in [6.07, 6.45) is 0.709. The van der Waals surface area contributed by atoms with E-state index < -0.39 is 6.04 Å². The highest BCUT2D eigenvalue weighted by Crippen LogP contribution is 2.43. The number of halogens is 1. The molecule has 1 aliphatic rings. The quantitative estimate of drug-likeness (QED) is 0.710. The van der Waals surface area contributed by atoms with Crippen LogP contribution in [-0.4, -0.2) is 23.2 Å². The van der Waals surface area contributed by atoms with E-state index in [0.717, 1.165) is 11.3 Å². The van der Waals surface area contributed by atoms with Gasteiger partial charge in [0, 0.05) is 16.8 Å². The van der Waals surface area contributed by atoms with Crippen LogP contribution >= 0.6 is 0 Å². The summed E-state index contributed by atoms with van der Waals surface area (Å²) >= 11 is 0. The molecule has 0 radical (unpaired) electrons. The van der Waals surface area contributed by atoms with E-state index in [1.54, 1.807) is 42.3 Å². The van der Waals surface area contributed by atoms with Gasteiger partial charge in [0.2, 0.25) is 0 Å². The third kappa shape index (κ3) is 2.95. The van der Waals surface area contributed by atoms with Gasteiger partial charge in [0.1, 0.15) is 17.3 Å². The van der Waals surface area contributed by atoms with Gasteiger partial charge in [-0.3, -0.25) is 14.8 Å². The number of H-pyrrole nitrogens is 1. The molecule has 2 heterocycles. The lowest BCUT2D eigenvalue weighted by molar-refractivity contribution is 0.0988. The summed E-state index contributed by atoms with van der Waals surface area (Å²) in [5, 5.41) is 7.27. The van der Waals surface area contributed by atoms with Crippen molar-refractivity contribution in [2.45, 2.75) is 26.3 Å². The van der Waals surface area contributed by atoms with Crippen molar-refractivity contribution in [3.63, 3.8) is 0 Å². The number of amides is 1. The number of aromatic nitrogens is 2. The standard InChI is InChI=1S/C22H22FN3O2/c1-13(2)12-18-19-20(25-24-18)22(27)26(14-8-10-15(28-3)11-9-14)21(19)16-6-4-5-7-17(16)23/h4-11,13,21H,12H2,1-3H3,(H,24,25). The van der Waals surface area contributed by atoms with Gasteiger partial charge in [-0.1, -0.05) is 32.0 Å². The van der Waals surface area contributed by atoms with Crippen molar-refractivity contribution in [1.82, 2.24) is 10.2 Å². The highest BCUT2D eigenvalue weighted by molar-refractivity contribution is 6.10. The van der Waals surface area contributed by atoms with E-state index in [1.165, 1.54) is 6.07 Å². The van der Waals surface area contributed by atoms with Gasteiger partial charge in [-0.05, 0) is 42.7 Å². The maximum atomic E-state index is 14.8. The number of ether oxygens (including phenoxy) is 1. The average Bonchev–Trinajstić information content (AvgIpc) is 3.21. The number of aromatic amines is 1. The minimum absolute atomic E-state index is 0.212. The number of benzene rings is 2. The lowest BCUT2D eigenvalue weighted by Gasteiger charge is -2.27. The van der Waals surface area contributed by atoms with Gasteiger partial charge in [0.25, 0.3) is 5.91 Å². The van der Waals surface area contributed by atoms with E-state index in [2.05, 4.69) is 24.0 Å². The Kier molecular flexibility index (Phi) is 4.63. The molecule has 1 atom stereocenters. The van der Waals surface area contributed by atoms with Crippen molar-refractivity contribution in [2.24, 2.45) is 5.92 Å². The Balaban J connectivity index is 1.88. The molecule has 0 bridgehead atoms. The Labute approximate surface area is 163 Å². The summed E-state index contributed by atoms with van der Waals surface area (Å²) < 4.78 is 20.0. The smallest absolute Gasteiger partial charge is 0.277 e. The number of hydrogen-bond acceptors (Lipinski definition) is 3. The number of carbonyl (C=O) groups is 1. The number of anilines is 1. The maximum absolute atomic E-state index is 14.8. The van der Waals surface area contributed by atoms with Crippen molar-refractivity contribution in [2.75, 3.05) is 12.0 Å². The zero-order chi connectivity index (χ0) is 19.8. The van der Waals surface area contributed by atoms with E-state index in [0.29, 0.717) is 35.0 Å². The first-order valence-electron chi connectivity index (χ1n) is 9.30. The molecule has 1 amide bonds. The molecule has 0 fully saturated rings. The zero-order valence-corrected chi connectivity index (χ0v) is 16.1. The Morgan fingerprint density at radius 3 is 2.54 bits per heavy atom. The molecule has 6 heteroatoms. The molecular formula is C22H22FN3O2. The van der Waals surface area contributed by atoms with E-state index >= 15 is 0 Å². The molecular weight excluding hydrogens is 357 g/mol. The Morgan fingerprint density at radius 1 is 1.18 bits per heavy atom. The molecule has 0 aliphatic carbocycles. The van der Waals surface area contributed by atoms with Gasteiger partial charge in [0.05, 0.1) is 18.8 Å². The summed E-state index contributed by atoms with van der Waals surface area (Å²) in [5.41, 5.74) is 3.14. The molecule has 0 spiro atoms. The lowest BCUT2D eigenvalue weighted by atomic mass is 9.95. The number of carbonyl (C=O) groups excluding carboxylic acids is 1. The molecule has 4 rings (SSSR count). The molecule has 0 saturated heterocycles. The topological polar surface area (TPSA) is 58.2 Å². The number of hydrogen-bond donors (Lipinski definition) is 1. The predicted octanol–water partition coefficient (Wildman–Crippen LogP) is 4.51. The van der Waals surface area contributed by atoms with Crippen molar-refractivity contribution < 1.29 is 13.9 Å². The molecule has 0 saturated carbocycles. The Hall–Kier alpha value is -3.15. The monoisotopic (exact) mass is 379 g/mol. The van der Waals surface area contributed by atoms with Crippen LogP contribution in [0.15, 0.2) is 48.5 Å². The highest BCUT2D eigenvalue weighted by Gasteiger charge is 2.43. The van der Waals surface area contributed by atoms with E-state index in [4.69, 9.17) is 4.74 Å². The number of methoxy groups -OCH3 is 1. The number of nitrogens with zero attached hydrogens (tertiary/aromatic N) is 2. The second kappa shape index (κ2) is 7.11. The normalized spacial score (nSPS) is 16.0. The fourth-order valence-corrected chi connectivity index (χ4v) is 3.76. The summed E-state index contributed by atoms with van der Waals surface area (Å²) in [7, 11) is 1.59. The van der Waals surface area contributed by atoms with Crippen LogP contribution in [-0.2, 0) is 6.42 Å². The van der Waals surface area contributed by atoms with Crippen molar-refractivity contribution >= 4 is 11.6 Å². The molecule has 1 aromatic heterocycles. The number of nitrogens with one attached hydrogen (secondary N) is 1. The molecule has 1 aliphatic heterocycles. The SMILES string of the molecule is COc1ccc(N2C(=O)c3[nH]nc(CC(C)C)c3C2c2ccccc2F)cc1. The number of fused-ring (bicyclic) bond motifs is 1. The molecule has 2 aromatic carbocycles. The van der Waals surface area contributed by atoms with Gasteiger partial charge < -0.3 is 4.74 Å². The third-order valence-corrected chi connectivity index (χ3v) is 5.00. The van der Waals surface area contributed by atoms with Gasteiger partial charge >= 0.3 is 0 Å².